The lowest BCUT2D eigenvalue weighted by molar-refractivity contribution is -0.149. The van der Waals surface area contributed by atoms with Gasteiger partial charge < -0.3 is 15.0 Å². The van der Waals surface area contributed by atoms with Crippen molar-refractivity contribution in [3.05, 3.63) is 0 Å². The molecule has 1 aliphatic heterocycles. The molecule has 0 aliphatic carbocycles. The van der Waals surface area contributed by atoms with E-state index in [0.717, 1.165) is 19.5 Å². The number of ether oxygens (including phenoxy) is 1. The van der Waals surface area contributed by atoms with Crippen molar-refractivity contribution in [3.63, 3.8) is 0 Å². The Morgan fingerprint density at radius 3 is 2.69 bits per heavy atom. The van der Waals surface area contributed by atoms with Gasteiger partial charge in [0.25, 0.3) is 0 Å². The van der Waals surface area contributed by atoms with Gasteiger partial charge in [0.05, 0.1) is 6.61 Å². The van der Waals surface area contributed by atoms with Gasteiger partial charge in [-0.25, -0.2) is 0 Å². The highest BCUT2D eigenvalue weighted by Crippen LogP contribution is 2.10. The SMILES string of the molecule is CCOC(=O)CC(=O)N(CC)C1CCNC1. The molecule has 16 heavy (non-hydrogen) atoms. The predicted molar refractivity (Wildman–Crippen MR) is 59.9 cm³/mol. The molecule has 0 aromatic rings. The molecule has 92 valence electrons. The number of nitrogens with one attached hydrogen (secondary N) is 1. The quantitative estimate of drug-likeness (QED) is 0.537. The zero-order valence-corrected chi connectivity index (χ0v) is 9.99. The fourth-order valence-corrected chi connectivity index (χ4v) is 1.98. The zero-order chi connectivity index (χ0) is 12.0. The van der Waals surface area contributed by atoms with Gasteiger partial charge in [0.1, 0.15) is 6.42 Å². The van der Waals surface area contributed by atoms with Crippen molar-refractivity contribution < 1.29 is 14.3 Å². The smallest absolute Gasteiger partial charge is 0.315 e. The van der Waals surface area contributed by atoms with E-state index < -0.39 is 5.97 Å². The lowest BCUT2D eigenvalue weighted by Gasteiger charge is -2.26. The molecule has 5 nitrogen and oxygen atoms in total. The first-order valence-electron chi connectivity index (χ1n) is 5.84. The summed E-state index contributed by atoms with van der Waals surface area (Å²) in [6.07, 6.45) is 0.820. The second-order valence-corrected chi connectivity index (χ2v) is 3.81. The molecule has 1 saturated heterocycles. The Labute approximate surface area is 96.1 Å². The molecule has 1 fully saturated rings. The Kier molecular flexibility index (Phi) is 5.25. The summed E-state index contributed by atoms with van der Waals surface area (Å²) in [5.41, 5.74) is 0. The number of carbonyl (C=O) groups excluding carboxylic acids is 2. The van der Waals surface area contributed by atoms with Crippen LogP contribution in [-0.2, 0) is 14.3 Å². The van der Waals surface area contributed by atoms with E-state index >= 15 is 0 Å². The molecule has 0 aromatic heterocycles. The van der Waals surface area contributed by atoms with Crippen molar-refractivity contribution in [2.75, 3.05) is 26.2 Å². The van der Waals surface area contributed by atoms with Gasteiger partial charge in [0.2, 0.25) is 5.91 Å². The summed E-state index contributed by atoms with van der Waals surface area (Å²) in [4.78, 5) is 24.8. The molecule has 1 rings (SSSR count). The third kappa shape index (κ3) is 3.48. The van der Waals surface area contributed by atoms with Crippen molar-refractivity contribution >= 4 is 11.9 Å². The first kappa shape index (κ1) is 13.0. The molecule has 5 heteroatoms. The first-order chi connectivity index (χ1) is 7.69. The molecule has 0 bridgehead atoms. The summed E-state index contributed by atoms with van der Waals surface area (Å²) >= 11 is 0. The maximum absolute atomic E-state index is 11.8. The minimum Gasteiger partial charge on any atom is -0.466 e. The van der Waals surface area contributed by atoms with Crippen LogP contribution in [0.4, 0.5) is 0 Å². The molecule has 0 spiro atoms. The fourth-order valence-electron chi connectivity index (χ4n) is 1.98. The van der Waals surface area contributed by atoms with Crippen LogP contribution in [0.5, 0.6) is 0 Å². The normalized spacial score (nSPS) is 19.5. The number of rotatable bonds is 5. The van der Waals surface area contributed by atoms with Gasteiger partial charge in [-0.05, 0) is 26.8 Å². The van der Waals surface area contributed by atoms with Crippen LogP contribution in [0.25, 0.3) is 0 Å². The third-order valence-corrected chi connectivity index (χ3v) is 2.74. The number of likely N-dealkylation sites (N-methyl/N-ethyl adjacent to an activating group) is 1. The average Bonchev–Trinajstić information content (AvgIpc) is 2.72. The molecule has 0 saturated carbocycles. The Bertz CT molecular complexity index is 250. The molecule has 1 aliphatic rings. The molecular formula is C11H20N2O3. The van der Waals surface area contributed by atoms with Gasteiger partial charge in [-0.2, -0.15) is 0 Å². The van der Waals surface area contributed by atoms with Crippen LogP contribution in [0, 0.1) is 0 Å². The fraction of sp³-hybridized carbons (Fsp3) is 0.818. The average molecular weight is 228 g/mol. The molecule has 1 heterocycles. The van der Waals surface area contributed by atoms with Gasteiger partial charge in [0.15, 0.2) is 0 Å². The van der Waals surface area contributed by atoms with Crippen molar-refractivity contribution in [1.82, 2.24) is 10.2 Å². The minimum atomic E-state index is -0.433. The topological polar surface area (TPSA) is 58.6 Å². The lowest BCUT2D eigenvalue weighted by Crippen LogP contribution is -2.42. The number of hydrogen-bond donors (Lipinski definition) is 1. The molecule has 1 amide bonds. The Morgan fingerprint density at radius 2 is 2.19 bits per heavy atom. The van der Waals surface area contributed by atoms with Crippen molar-refractivity contribution in [3.8, 4) is 0 Å². The van der Waals surface area contributed by atoms with E-state index in [0.29, 0.717) is 13.2 Å². The summed E-state index contributed by atoms with van der Waals surface area (Å²) in [5.74, 6) is -0.563. The van der Waals surface area contributed by atoms with Crippen LogP contribution in [0.3, 0.4) is 0 Å². The van der Waals surface area contributed by atoms with Crippen molar-refractivity contribution in [2.24, 2.45) is 0 Å². The number of hydrogen-bond acceptors (Lipinski definition) is 4. The summed E-state index contributed by atoms with van der Waals surface area (Å²) in [6.45, 7) is 6.40. The molecule has 0 radical (unpaired) electrons. The second kappa shape index (κ2) is 6.48. The zero-order valence-electron chi connectivity index (χ0n) is 9.99. The Balaban J connectivity index is 2.45. The highest BCUT2D eigenvalue weighted by Gasteiger charge is 2.26. The molecule has 1 atom stereocenters. The van der Waals surface area contributed by atoms with Gasteiger partial charge in [-0.15, -0.1) is 0 Å². The van der Waals surface area contributed by atoms with Crippen LogP contribution in [0.2, 0.25) is 0 Å². The highest BCUT2D eigenvalue weighted by atomic mass is 16.5. The van der Waals surface area contributed by atoms with Crippen molar-refractivity contribution in [2.45, 2.75) is 32.7 Å². The monoisotopic (exact) mass is 228 g/mol. The van der Waals surface area contributed by atoms with Crippen LogP contribution >= 0.6 is 0 Å². The van der Waals surface area contributed by atoms with E-state index in [1.165, 1.54) is 0 Å². The lowest BCUT2D eigenvalue weighted by atomic mass is 10.2. The minimum absolute atomic E-state index is 0.130. The Morgan fingerprint density at radius 1 is 1.44 bits per heavy atom. The number of esters is 1. The third-order valence-electron chi connectivity index (χ3n) is 2.74. The Hall–Kier alpha value is -1.10. The highest BCUT2D eigenvalue weighted by molar-refractivity contribution is 5.94. The van der Waals surface area contributed by atoms with E-state index in [4.69, 9.17) is 4.74 Å². The second-order valence-electron chi connectivity index (χ2n) is 3.81. The first-order valence-corrected chi connectivity index (χ1v) is 5.84. The van der Waals surface area contributed by atoms with Gasteiger partial charge >= 0.3 is 5.97 Å². The van der Waals surface area contributed by atoms with Crippen molar-refractivity contribution in [1.29, 1.82) is 0 Å². The number of nitrogens with zero attached hydrogens (tertiary/aromatic N) is 1. The summed E-state index contributed by atoms with van der Waals surface area (Å²) in [5, 5.41) is 3.21. The summed E-state index contributed by atoms with van der Waals surface area (Å²) in [6, 6.07) is 0.229. The van der Waals surface area contributed by atoms with E-state index in [1.807, 2.05) is 6.92 Å². The van der Waals surface area contributed by atoms with E-state index in [1.54, 1.807) is 11.8 Å². The van der Waals surface area contributed by atoms with E-state index in [-0.39, 0.29) is 18.4 Å². The number of amides is 1. The van der Waals surface area contributed by atoms with E-state index in [9.17, 15) is 9.59 Å². The van der Waals surface area contributed by atoms with Crippen LogP contribution in [0.1, 0.15) is 26.7 Å². The summed E-state index contributed by atoms with van der Waals surface area (Å²) < 4.78 is 4.77. The van der Waals surface area contributed by atoms with E-state index in [2.05, 4.69) is 5.32 Å². The molecule has 1 N–H and O–H groups in total. The molecule has 0 aromatic carbocycles. The van der Waals surface area contributed by atoms with Crippen LogP contribution in [0.15, 0.2) is 0 Å². The predicted octanol–water partition coefficient (Wildman–Crippen LogP) is 0.150. The molecule has 1 unspecified atom stereocenters. The summed E-state index contributed by atoms with van der Waals surface area (Å²) in [7, 11) is 0. The van der Waals surface area contributed by atoms with Gasteiger partial charge in [-0.1, -0.05) is 0 Å². The van der Waals surface area contributed by atoms with Gasteiger partial charge in [-0.3, -0.25) is 9.59 Å². The van der Waals surface area contributed by atoms with Gasteiger partial charge in [0, 0.05) is 19.1 Å². The largest absolute Gasteiger partial charge is 0.466 e. The van der Waals surface area contributed by atoms with Crippen LogP contribution < -0.4 is 5.32 Å². The number of carbonyl (C=O) groups is 2. The molecular weight excluding hydrogens is 208 g/mol. The maximum Gasteiger partial charge on any atom is 0.315 e. The maximum atomic E-state index is 11.8. The standard InChI is InChI=1S/C11H20N2O3/c1-3-13(9-5-6-12-8-9)10(14)7-11(15)16-4-2/h9,12H,3-8H2,1-2H3. The van der Waals surface area contributed by atoms with Crippen LogP contribution in [-0.4, -0.2) is 49.1 Å².